The number of nitrogens with one attached hydrogen (secondary N) is 2. The molecule has 2 aromatic rings. The number of nitrogens with zero attached hydrogens (tertiary/aromatic N) is 3. The summed E-state index contributed by atoms with van der Waals surface area (Å²) in [5, 5.41) is 10.7. The van der Waals surface area contributed by atoms with Crippen molar-refractivity contribution < 1.29 is 14.3 Å². The molecule has 1 aromatic carbocycles. The maximum absolute atomic E-state index is 12.8. The number of carbonyl (C=O) groups is 2. The van der Waals surface area contributed by atoms with Crippen LogP contribution in [0.1, 0.15) is 50.1 Å². The van der Waals surface area contributed by atoms with Crippen LogP contribution in [0, 0.1) is 26.7 Å². The summed E-state index contributed by atoms with van der Waals surface area (Å²) in [5.41, 5.74) is 4.63. The van der Waals surface area contributed by atoms with Crippen LogP contribution >= 0.6 is 0 Å². The van der Waals surface area contributed by atoms with Crippen molar-refractivity contribution in [3.63, 3.8) is 0 Å². The predicted molar refractivity (Wildman–Crippen MR) is 134 cm³/mol. The van der Waals surface area contributed by atoms with E-state index in [4.69, 9.17) is 4.74 Å². The highest BCUT2D eigenvalue weighted by atomic mass is 16.5. The highest BCUT2D eigenvalue weighted by molar-refractivity contribution is 5.93. The Bertz CT molecular complexity index is 960. The van der Waals surface area contributed by atoms with E-state index in [0.29, 0.717) is 19.7 Å². The Balaban J connectivity index is 1.44. The molecule has 3 rings (SSSR count). The van der Waals surface area contributed by atoms with Crippen molar-refractivity contribution in [1.29, 1.82) is 0 Å². The fourth-order valence-corrected chi connectivity index (χ4v) is 4.24. The van der Waals surface area contributed by atoms with Gasteiger partial charge in [0.1, 0.15) is 0 Å². The zero-order valence-electron chi connectivity index (χ0n) is 21.2. The van der Waals surface area contributed by atoms with E-state index in [-0.39, 0.29) is 23.8 Å². The van der Waals surface area contributed by atoms with E-state index < -0.39 is 0 Å². The number of likely N-dealkylation sites (tertiary alicyclic amines) is 1. The fourth-order valence-electron chi connectivity index (χ4n) is 4.24. The molecule has 8 heteroatoms. The van der Waals surface area contributed by atoms with Gasteiger partial charge in [0.05, 0.1) is 35.4 Å². The summed E-state index contributed by atoms with van der Waals surface area (Å²) in [6.45, 7) is 13.0. The summed E-state index contributed by atoms with van der Waals surface area (Å²) in [6, 6.07) is 8.16. The van der Waals surface area contributed by atoms with Gasteiger partial charge < -0.3 is 15.4 Å². The topological polar surface area (TPSA) is 88.5 Å². The molecule has 1 fully saturated rings. The van der Waals surface area contributed by atoms with Crippen LogP contribution < -0.4 is 10.6 Å². The molecule has 186 valence electrons. The van der Waals surface area contributed by atoms with Gasteiger partial charge >= 0.3 is 0 Å². The second-order valence-electron chi connectivity index (χ2n) is 9.46. The van der Waals surface area contributed by atoms with Gasteiger partial charge in [0.15, 0.2) is 0 Å². The lowest BCUT2D eigenvalue weighted by Crippen LogP contribution is -2.43. The molecule has 0 spiro atoms. The van der Waals surface area contributed by atoms with Gasteiger partial charge in [0, 0.05) is 19.1 Å². The number of hydrogen-bond acceptors (Lipinski definition) is 5. The summed E-state index contributed by atoms with van der Waals surface area (Å²) in [4.78, 5) is 27.3. The number of aryl methyl sites for hydroxylation is 2. The Labute approximate surface area is 203 Å². The molecular formula is C26H39N5O3. The van der Waals surface area contributed by atoms with Crippen molar-refractivity contribution in [3.05, 3.63) is 41.2 Å². The molecule has 0 bridgehead atoms. The maximum Gasteiger partial charge on any atom is 0.238 e. The lowest BCUT2D eigenvalue weighted by molar-refractivity contribution is -0.126. The van der Waals surface area contributed by atoms with Crippen LogP contribution in [-0.2, 0) is 14.3 Å². The number of rotatable bonds is 10. The number of aromatic nitrogens is 2. The molecular weight excluding hydrogens is 430 g/mol. The molecule has 2 amide bonds. The van der Waals surface area contributed by atoms with Crippen LogP contribution in [0.5, 0.6) is 0 Å². The zero-order chi connectivity index (χ0) is 24.7. The molecule has 0 aliphatic carbocycles. The fraction of sp³-hybridized carbons (Fsp3) is 0.577. The van der Waals surface area contributed by atoms with E-state index in [9.17, 15) is 9.59 Å². The molecule has 2 N–H and O–H groups in total. The van der Waals surface area contributed by atoms with Gasteiger partial charge in [0.2, 0.25) is 11.8 Å². The lowest BCUT2D eigenvalue weighted by Gasteiger charge is -2.30. The van der Waals surface area contributed by atoms with Crippen molar-refractivity contribution in [2.45, 2.75) is 60.0 Å². The normalized spacial score (nSPS) is 15.0. The van der Waals surface area contributed by atoms with Gasteiger partial charge in [-0.1, -0.05) is 17.7 Å². The van der Waals surface area contributed by atoms with E-state index in [1.165, 1.54) is 5.56 Å². The Kier molecular flexibility index (Phi) is 9.24. The molecule has 8 nitrogen and oxygen atoms in total. The number of ether oxygens (including phenoxy) is 1. The first-order valence-corrected chi connectivity index (χ1v) is 12.3. The molecule has 1 aliphatic heterocycles. The Hall–Kier alpha value is -2.71. The molecule has 1 saturated heterocycles. The molecule has 34 heavy (non-hydrogen) atoms. The van der Waals surface area contributed by atoms with E-state index in [2.05, 4.69) is 39.7 Å². The third-order valence-electron chi connectivity index (χ3n) is 6.23. The average Bonchev–Trinajstić information content (AvgIpc) is 3.07. The first kappa shape index (κ1) is 25.9. The van der Waals surface area contributed by atoms with Crippen LogP contribution in [0.15, 0.2) is 24.3 Å². The predicted octanol–water partition coefficient (Wildman–Crippen LogP) is 3.38. The molecule has 1 aromatic heterocycles. The van der Waals surface area contributed by atoms with Gasteiger partial charge in [0.25, 0.3) is 0 Å². The molecule has 0 atom stereocenters. The van der Waals surface area contributed by atoms with E-state index in [1.54, 1.807) is 0 Å². The van der Waals surface area contributed by atoms with Gasteiger partial charge in [-0.05, 0) is 79.1 Å². The van der Waals surface area contributed by atoms with Gasteiger partial charge in [-0.15, -0.1) is 0 Å². The van der Waals surface area contributed by atoms with Crippen LogP contribution in [0.2, 0.25) is 0 Å². The van der Waals surface area contributed by atoms with Gasteiger partial charge in [-0.2, -0.15) is 5.10 Å². The van der Waals surface area contributed by atoms with Crippen molar-refractivity contribution in [2.24, 2.45) is 5.92 Å². The minimum absolute atomic E-state index is 0.0163. The highest BCUT2D eigenvalue weighted by Gasteiger charge is 2.26. The number of carbonyl (C=O) groups excluding carboxylic acids is 2. The third-order valence-corrected chi connectivity index (χ3v) is 6.23. The molecule has 2 heterocycles. The molecule has 0 radical (unpaired) electrons. The van der Waals surface area contributed by atoms with E-state index in [0.717, 1.165) is 55.1 Å². The zero-order valence-corrected chi connectivity index (χ0v) is 21.2. The van der Waals surface area contributed by atoms with E-state index in [1.807, 2.05) is 44.5 Å². The van der Waals surface area contributed by atoms with Gasteiger partial charge in [-0.3, -0.25) is 14.5 Å². The largest absolute Gasteiger partial charge is 0.379 e. The molecule has 1 aliphatic rings. The Morgan fingerprint density at radius 3 is 2.44 bits per heavy atom. The third kappa shape index (κ3) is 7.14. The number of hydrogen-bond donors (Lipinski definition) is 2. The maximum atomic E-state index is 12.8. The Morgan fingerprint density at radius 2 is 1.79 bits per heavy atom. The monoisotopic (exact) mass is 469 g/mol. The minimum Gasteiger partial charge on any atom is -0.379 e. The number of piperidine rings is 1. The second kappa shape index (κ2) is 12.1. The summed E-state index contributed by atoms with van der Waals surface area (Å²) in [5.74, 6) is 0.0775. The smallest absolute Gasteiger partial charge is 0.238 e. The standard InChI is InChI=1S/C26H39N5O3/c1-18(2)34-16-6-13-27-26(33)22-11-14-30(15-12-22)17-24(32)28-25-20(4)29-31(21(25)5)23-9-7-19(3)8-10-23/h7-10,18,22H,6,11-17H2,1-5H3,(H,27,33)(H,28,32). The van der Waals surface area contributed by atoms with Crippen LogP contribution in [0.4, 0.5) is 5.69 Å². The first-order chi connectivity index (χ1) is 16.2. The summed E-state index contributed by atoms with van der Waals surface area (Å²) < 4.78 is 7.37. The summed E-state index contributed by atoms with van der Waals surface area (Å²) in [6.07, 6.45) is 2.58. The van der Waals surface area contributed by atoms with Crippen LogP contribution in [-0.4, -0.2) is 65.4 Å². The minimum atomic E-state index is -0.0530. The van der Waals surface area contributed by atoms with Crippen molar-refractivity contribution in [3.8, 4) is 5.69 Å². The van der Waals surface area contributed by atoms with Crippen LogP contribution in [0.3, 0.4) is 0 Å². The SMILES string of the molecule is Cc1ccc(-n2nc(C)c(NC(=O)CN3CCC(C(=O)NCCCOC(C)C)CC3)c2C)cc1. The van der Waals surface area contributed by atoms with E-state index >= 15 is 0 Å². The average molecular weight is 470 g/mol. The quantitative estimate of drug-likeness (QED) is 0.521. The number of amides is 2. The molecule has 0 unspecified atom stereocenters. The lowest BCUT2D eigenvalue weighted by atomic mass is 9.96. The summed E-state index contributed by atoms with van der Waals surface area (Å²) in [7, 11) is 0. The first-order valence-electron chi connectivity index (χ1n) is 12.3. The molecule has 0 saturated carbocycles. The van der Waals surface area contributed by atoms with Crippen molar-refractivity contribution in [1.82, 2.24) is 20.0 Å². The Morgan fingerprint density at radius 1 is 1.12 bits per heavy atom. The van der Waals surface area contributed by atoms with Crippen molar-refractivity contribution in [2.75, 3.05) is 38.1 Å². The van der Waals surface area contributed by atoms with Gasteiger partial charge in [-0.25, -0.2) is 4.68 Å². The number of benzene rings is 1. The van der Waals surface area contributed by atoms with Crippen LogP contribution in [0.25, 0.3) is 5.69 Å². The summed E-state index contributed by atoms with van der Waals surface area (Å²) >= 11 is 0. The number of anilines is 1. The second-order valence-corrected chi connectivity index (χ2v) is 9.46. The highest BCUT2D eigenvalue weighted by Crippen LogP contribution is 2.23. The van der Waals surface area contributed by atoms with Crippen molar-refractivity contribution >= 4 is 17.5 Å².